The molecule has 0 bridgehead atoms. The normalized spacial score (nSPS) is 26.2. The Morgan fingerprint density at radius 3 is 2.91 bits per heavy atom. The number of pyridine rings is 1. The molecule has 0 aliphatic carbocycles. The fourth-order valence-electron chi connectivity index (χ4n) is 3.37. The molecule has 2 aliphatic rings. The van der Waals surface area contributed by atoms with E-state index in [1.165, 1.54) is 12.8 Å². The first-order chi connectivity index (χ1) is 11.1. The third-order valence-electron chi connectivity index (χ3n) is 4.51. The van der Waals surface area contributed by atoms with Gasteiger partial charge in [-0.15, -0.1) is 0 Å². The molecule has 6 nitrogen and oxygen atoms in total. The summed E-state index contributed by atoms with van der Waals surface area (Å²) in [4.78, 5) is 20.6. The SMILES string of the molecule is O=C(Cc1cccnc1)N1CCOCC(O)(CN2CCCC2)C1. The Morgan fingerprint density at radius 1 is 1.35 bits per heavy atom. The number of hydrogen-bond donors (Lipinski definition) is 1. The number of aromatic nitrogens is 1. The fourth-order valence-corrected chi connectivity index (χ4v) is 3.37. The van der Waals surface area contributed by atoms with Gasteiger partial charge in [-0.05, 0) is 37.6 Å². The second-order valence-corrected chi connectivity index (χ2v) is 6.61. The molecule has 1 aromatic heterocycles. The molecule has 1 aromatic rings. The molecular formula is C17H25N3O3. The molecule has 6 heteroatoms. The molecule has 3 rings (SSSR count). The third kappa shape index (κ3) is 4.50. The second kappa shape index (κ2) is 7.38. The van der Waals surface area contributed by atoms with Crippen LogP contribution in [0.1, 0.15) is 18.4 Å². The number of likely N-dealkylation sites (tertiary alicyclic amines) is 1. The van der Waals surface area contributed by atoms with E-state index in [2.05, 4.69) is 9.88 Å². The van der Waals surface area contributed by atoms with Crippen molar-refractivity contribution in [1.29, 1.82) is 0 Å². The van der Waals surface area contributed by atoms with Crippen LogP contribution in [-0.2, 0) is 16.0 Å². The van der Waals surface area contributed by atoms with Crippen LogP contribution in [0.3, 0.4) is 0 Å². The number of carbonyl (C=O) groups excluding carboxylic acids is 1. The summed E-state index contributed by atoms with van der Waals surface area (Å²) in [6.07, 6.45) is 6.08. The first-order valence-electron chi connectivity index (χ1n) is 8.34. The first kappa shape index (κ1) is 16.4. The lowest BCUT2D eigenvalue weighted by Gasteiger charge is -2.34. The highest BCUT2D eigenvalue weighted by Gasteiger charge is 2.36. The average molecular weight is 319 g/mol. The van der Waals surface area contributed by atoms with E-state index < -0.39 is 5.60 Å². The van der Waals surface area contributed by atoms with Crippen molar-refractivity contribution in [2.75, 3.05) is 45.9 Å². The summed E-state index contributed by atoms with van der Waals surface area (Å²) in [5.74, 6) is 0.0170. The summed E-state index contributed by atoms with van der Waals surface area (Å²) in [5, 5.41) is 10.9. The molecule has 0 spiro atoms. The van der Waals surface area contributed by atoms with Gasteiger partial charge in [-0.2, -0.15) is 0 Å². The number of nitrogens with zero attached hydrogens (tertiary/aromatic N) is 3. The zero-order valence-electron chi connectivity index (χ0n) is 13.5. The number of β-amino-alcohol motifs (C(OH)–C–C–N with tert-alkyl or cyclic N) is 1. The minimum Gasteiger partial charge on any atom is -0.384 e. The van der Waals surface area contributed by atoms with E-state index in [-0.39, 0.29) is 5.91 Å². The van der Waals surface area contributed by atoms with Crippen LogP contribution in [0.4, 0.5) is 0 Å². The zero-order chi connectivity index (χ0) is 16.1. The van der Waals surface area contributed by atoms with Crippen molar-refractivity contribution in [3.05, 3.63) is 30.1 Å². The predicted octanol–water partition coefficient (Wildman–Crippen LogP) is 0.310. The standard InChI is InChI=1S/C17H25N3O3/c21-16(10-15-4-3-5-18-11-15)20-8-9-23-14-17(22,13-20)12-19-6-1-2-7-19/h3-5,11,22H,1-2,6-10,12-14H2. The molecule has 23 heavy (non-hydrogen) atoms. The van der Waals surface area contributed by atoms with E-state index in [4.69, 9.17) is 4.74 Å². The number of hydrogen-bond acceptors (Lipinski definition) is 5. The summed E-state index contributed by atoms with van der Waals surface area (Å²) in [7, 11) is 0. The van der Waals surface area contributed by atoms with Crippen LogP contribution < -0.4 is 0 Å². The molecule has 0 radical (unpaired) electrons. The third-order valence-corrected chi connectivity index (χ3v) is 4.51. The molecular weight excluding hydrogens is 294 g/mol. The number of rotatable bonds is 4. The zero-order valence-corrected chi connectivity index (χ0v) is 13.5. The van der Waals surface area contributed by atoms with Gasteiger partial charge in [-0.3, -0.25) is 9.78 Å². The summed E-state index contributed by atoms with van der Waals surface area (Å²) >= 11 is 0. The Morgan fingerprint density at radius 2 is 2.17 bits per heavy atom. The number of carbonyl (C=O) groups is 1. The van der Waals surface area contributed by atoms with Crippen molar-refractivity contribution >= 4 is 5.91 Å². The van der Waals surface area contributed by atoms with Crippen molar-refractivity contribution in [2.45, 2.75) is 24.9 Å². The highest BCUT2D eigenvalue weighted by molar-refractivity contribution is 5.78. The predicted molar refractivity (Wildman–Crippen MR) is 86.0 cm³/mol. The minimum atomic E-state index is -0.981. The molecule has 0 saturated carbocycles. The van der Waals surface area contributed by atoms with Crippen LogP contribution in [0.2, 0.25) is 0 Å². The lowest BCUT2D eigenvalue weighted by molar-refractivity contribution is -0.133. The number of ether oxygens (including phenoxy) is 1. The molecule has 2 saturated heterocycles. The largest absolute Gasteiger partial charge is 0.384 e. The maximum Gasteiger partial charge on any atom is 0.227 e. The van der Waals surface area contributed by atoms with Gasteiger partial charge in [0.25, 0.3) is 0 Å². The van der Waals surface area contributed by atoms with Crippen molar-refractivity contribution in [3.63, 3.8) is 0 Å². The van der Waals surface area contributed by atoms with Gasteiger partial charge < -0.3 is 19.6 Å². The molecule has 1 unspecified atom stereocenters. The molecule has 2 aliphatic heterocycles. The monoisotopic (exact) mass is 319 g/mol. The molecule has 1 N–H and O–H groups in total. The second-order valence-electron chi connectivity index (χ2n) is 6.61. The van der Waals surface area contributed by atoms with E-state index in [0.717, 1.165) is 18.7 Å². The Bertz CT molecular complexity index is 519. The van der Waals surface area contributed by atoms with Crippen molar-refractivity contribution in [3.8, 4) is 0 Å². The molecule has 1 atom stereocenters. The first-order valence-corrected chi connectivity index (χ1v) is 8.34. The van der Waals surface area contributed by atoms with E-state index in [1.807, 2.05) is 12.1 Å². The van der Waals surface area contributed by atoms with Gasteiger partial charge in [0, 0.05) is 25.5 Å². The van der Waals surface area contributed by atoms with E-state index in [9.17, 15) is 9.90 Å². The van der Waals surface area contributed by atoms with E-state index in [0.29, 0.717) is 39.3 Å². The van der Waals surface area contributed by atoms with Crippen molar-refractivity contribution < 1.29 is 14.6 Å². The topological polar surface area (TPSA) is 65.9 Å². The van der Waals surface area contributed by atoms with Crippen LogP contribution in [0.25, 0.3) is 0 Å². The quantitative estimate of drug-likeness (QED) is 0.865. The van der Waals surface area contributed by atoms with Crippen LogP contribution in [0.5, 0.6) is 0 Å². The smallest absolute Gasteiger partial charge is 0.227 e. The summed E-state index contributed by atoms with van der Waals surface area (Å²) < 4.78 is 5.57. The summed E-state index contributed by atoms with van der Waals surface area (Å²) in [6, 6.07) is 3.73. The molecule has 2 fully saturated rings. The molecule has 1 amide bonds. The van der Waals surface area contributed by atoms with Gasteiger partial charge in [-0.1, -0.05) is 6.07 Å². The van der Waals surface area contributed by atoms with Gasteiger partial charge in [0.05, 0.1) is 26.2 Å². The minimum absolute atomic E-state index is 0.0170. The van der Waals surface area contributed by atoms with Gasteiger partial charge in [0.15, 0.2) is 0 Å². The van der Waals surface area contributed by atoms with Gasteiger partial charge in [0.2, 0.25) is 5.91 Å². The van der Waals surface area contributed by atoms with Gasteiger partial charge >= 0.3 is 0 Å². The fraction of sp³-hybridized carbons (Fsp3) is 0.647. The Balaban J connectivity index is 1.62. The van der Waals surface area contributed by atoms with E-state index >= 15 is 0 Å². The maximum absolute atomic E-state index is 12.6. The Labute approximate surface area is 137 Å². The Kier molecular flexibility index (Phi) is 5.25. The maximum atomic E-state index is 12.6. The lowest BCUT2D eigenvalue weighted by atomic mass is 10.0. The summed E-state index contributed by atoms with van der Waals surface area (Å²) in [5.41, 5.74) is -0.0865. The Hall–Kier alpha value is -1.50. The highest BCUT2D eigenvalue weighted by Crippen LogP contribution is 2.18. The van der Waals surface area contributed by atoms with Crippen LogP contribution in [-0.4, -0.2) is 77.3 Å². The average Bonchev–Trinajstić information content (AvgIpc) is 2.96. The van der Waals surface area contributed by atoms with Crippen LogP contribution in [0.15, 0.2) is 24.5 Å². The van der Waals surface area contributed by atoms with Crippen LogP contribution in [0, 0.1) is 0 Å². The van der Waals surface area contributed by atoms with Crippen molar-refractivity contribution in [2.24, 2.45) is 0 Å². The molecule has 3 heterocycles. The summed E-state index contributed by atoms with van der Waals surface area (Å²) in [6.45, 7) is 4.24. The molecule has 126 valence electrons. The number of aliphatic hydroxyl groups is 1. The van der Waals surface area contributed by atoms with Crippen LogP contribution >= 0.6 is 0 Å². The van der Waals surface area contributed by atoms with Crippen molar-refractivity contribution in [1.82, 2.24) is 14.8 Å². The van der Waals surface area contributed by atoms with Gasteiger partial charge in [-0.25, -0.2) is 0 Å². The molecule has 0 aromatic carbocycles. The van der Waals surface area contributed by atoms with E-state index in [1.54, 1.807) is 17.3 Å². The number of amides is 1. The van der Waals surface area contributed by atoms with Gasteiger partial charge in [0.1, 0.15) is 5.60 Å². The highest BCUT2D eigenvalue weighted by atomic mass is 16.5. The lowest BCUT2D eigenvalue weighted by Crippen LogP contribution is -2.53.